The van der Waals surface area contributed by atoms with Gasteiger partial charge in [0.05, 0.1) is 6.61 Å². The molecule has 0 saturated heterocycles. The van der Waals surface area contributed by atoms with Gasteiger partial charge in [-0.1, -0.05) is 25.5 Å². The number of carbonyl (C=O) groups is 1. The minimum atomic E-state index is -0.223. The van der Waals surface area contributed by atoms with Gasteiger partial charge >= 0.3 is 5.97 Å². The fraction of sp³-hybridized carbons (Fsp3) is 0.722. The molecule has 2 unspecified atom stereocenters. The summed E-state index contributed by atoms with van der Waals surface area (Å²) in [6, 6.07) is 0. The third kappa shape index (κ3) is 7.17. The van der Waals surface area contributed by atoms with E-state index in [0.717, 1.165) is 44.1 Å². The monoisotopic (exact) mass is 312 g/mol. The summed E-state index contributed by atoms with van der Waals surface area (Å²) in [6.45, 7) is 8.82. The molecule has 1 aliphatic carbocycles. The maximum absolute atomic E-state index is 11.4. The molecule has 0 aromatic carbocycles. The van der Waals surface area contributed by atoms with Gasteiger partial charge in [0.1, 0.15) is 0 Å². The van der Waals surface area contributed by atoms with E-state index in [0.29, 0.717) is 12.5 Å². The third-order valence-electron chi connectivity index (χ3n) is 4.22. The predicted molar refractivity (Wildman–Crippen MR) is 89.6 cm³/mol. The van der Waals surface area contributed by atoms with Crippen LogP contribution in [0.5, 0.6) is 0 Å². The highest BCUT2D eigenvalue weighted by Gasteiger charge is 2.20. The Labute approximate surface area is 134 Å². The molecule has 1 rings (SSSR count). The average Bonchev–Trinajstić information content (AvgIpc) is 2.84. The Hall–Kier alpha value is -0.760. The van der Waals surface area contributed by atoms with Crippen molar-refractivity contribution in [2.75, 3.05) is 6.61 Å². The van der Waals surface area contributed by atoms with Gasteiger partial charge in [0.25, 0.3) is 0 Å². The van der Waals surface area contributed by atoms with Crippen LogP contribution in [0.15, 0.2) is 23.3 Å². The average molecular weight is 313 g/mol. The fourth-order valence-corrected chi connectivity index (χ4v) is 2.70. The van der Waals surface area contributed by atoms with Crippen LogP contribution < -0.4 is 0 Å². The first-order valence-corrected chi connectivity index (χ1v) is 8.49. The van der Waals surface area contributed by atoms with Crippen molar-refractivity contribution in [3.8, 4) is 0 Å². The van der Waals surface area contributed by atoms with E-state index in [2.05, 4.69) is 26.8 Å². The van der Waals surface area contributed by atoms with Crippen LogP contribution in [0.1, 0.15) is 66.2 Å². The van der Waals surface area contributed by atoms with E-state index in [1.807, 2.05) is 6.92 Å². The predicted octanol–water partition coefficient (Wildman–Crippen LogP) is 5.41. The lowest BCUT2D eigenvalue weighted by atomic mass is 9.91. The van der Waals surface area contributed by atoms with E-state index in [4.69, 9.17) is 16.3 Å². The van der Waals surface area contributed by atoms with Crippen molar-refractivity contribution in [1.82, 2.24) is 0 Å². The molecular formula is C18H29ClO2. The number of hydrogen-bond acceptors (Lipinski definition) is 2. The SMILES string of the molecule is CCOC(=O)/C=C1/C=C(CC(C)CCC(C)(Cl)CC)CC1. The molecule has 21 heavy (non-hydrogen) atoms. The van der Waals surface area contributed by atoms with Crippen molar-refractivity contribution in [3.63, 3.8) is 0 Å². The maximum atomic E-state index is 11.4. The van der Waals surface area contributed by atoms with Crippen molar-refractivity contribution in [2.45, 2.75) is 71.1 Å². The first-order valence-electron chi connectivity index (χ1n) is 8.12. The van der Waals surface area contributed by atoms with Gasteiger partial charge in [0, 0.05) is 11.0 Å². The molecule has 0 bridgehead atoms. The van der Waals surface area contributed by atoms with E-state index in [-0.39, 0.29) is 10.8 Å². The molecule has 0 saturated carbocycles. The Morgan fingerprint density at radius 2 is 2.19 bits per heavy atom. The van der Waals surface area contributed by atoms with Crippen LogP contribution in [-0.2, 0) is 9.53 Å². The van der Waals surface area contributed by atoms with Crippen LogP contribution >= 0.6 is 11.6 Å². The zero-order valence-corrected chi connectivity index (χ0v) is 14.6. The van der Waals surface area contributed by atoms with Crippen LogP contribution in [-0.4, -0.2) is 17.5 Å². The molecule has 120 valence electrons. The zero-order valence-electron chi connectivity index (χ0n) is 13.9. The van der Waals surface area contributed by atoms with Crippen molar-refractivity contribution >= 4 is 17.6 Å². The zero-order chi connectivity index (χ0) is 15.9. The smallest absolute Gasteiger partial charge is 0.331 e. The Morgan fingerprint density at radius 1 is 1.48 bits per heavy atom. The topological polar surface area (TPSA) is 26.3 Å². The number of rotatable bonds is 8. The van der Waals surface area contributed by atoms with E-state index in [1.54, 1.807) is 6.08 Å². The van der Waals surface area contributed by atoms with Crippen LogP contribution in [0.4, 0.5) is 0 Å². The number of carbonyl (C=O) groups excluding carboxylic acids is 1. The summed E-state index contributed by atoms with van der Waals surface area (Å²) in [4.78, 5) is 11.4. The van der Waals surface area contributed by atoms with Crippen LogP contribution in [0, 0.1) is 5.92 Å². The lowest BCUT2D eigenvalue weighted by Gasteiger charge is -2.22. The largest absolute Gasteiger partial charge is 0.463 e. The lowest BCUT2D eigenvalue weighted by molar-refractivity contribution is -0.137. The summed E-state index contributed by atoms with van der Waals surface area (Å²) in [6.07, 6.45) is 10.2. The number of esters is 1. The minimum Gasteiger partial charge on any atom is -0.463 e. The van der Waals surface area contributed by atoms with E-state index < -0.39 is 0 Å². The van der Waals surface area contributed by atoms with E-state index >= 15 is 0 Å². The number of hydrogen-bond donors (Lipinski definition) is 0. The maximum Gasteiger partial charge on any atom is 0.331 e. The Kier molecular flexibility index (Phi) is 7.51. The molecule has 2 atom stereocenters. The summed E-state index contributed by atoms with van der Waals surface area (Å²) in [7, 11) is 0. The fourth-order valence-electron chi connectivity index (χ4n) is 2.60. The molecule has 0 aliphatic heterocycles. The lowest BCUT2D eigenvalue weighted by Crippen LogP contribution is -2.16. The van der Waals surface area contributed by atoms with Gasteiger partial charge in [-0.15, -0.1) is 11.6 Å². The van der Waals surface area contributed by atoms with Crippen molar-refractivity contribution < 1.29 is 9.53 Å². The third-order valence-corrected chi connectivity index (χ3v) is 4.68. The summed E-state index contributed by atoms with van der Waals surface area (Å²) >= 11 is 6.42. The van der Waals surface area contributed by atoms with Crippen LogP contribution in [0.2, 0.25) is 0 Å². The molecule has 0 aromatic heterocycles. The molecule has 0 heterocycles. The summed E-state index contributed by atoms with van der Waals surface area (Å²) in [5, 5.41) is 0. The van der Waals surface area contributed by atoms with Crippen molar-refractivity contribution in [2.24, 2.45) is 5.92 Å². The molecular weight excluding hydrogens is 284 g/mol. The van der Waals surface area contributed by atoms with E-state index in [9.17, 15) is 4.79 Å². The second-order valence-electron chi connectivity index (χ2n) is 6.39. The molecule has 3 heteroatoms. The molecule has 1 aliphatic rings. The molecule has 0 amide bonds. The van der Waals surface area contributed by atoms with Crippen LogP contribution in [0.3, 0.4) is 0 Å². The highest BCUT2D eigenvalue weighted by atomic mass is 35.5. The van der Waals surface area contributed by atoms with Gasteiger partial charge < -0.3 is 4.74 Å². The molecule has 2 nitrogen and oxygen atoms in total. The Bertz CT molecular complexity index is 407. The quantitative estimate of drug-likeness (QED) is 0.340. The molecule has 0 N–H and O–H groups in total. The van der Waals surface area contributed by atoms with Gasteiger partial charge in [-0.05, 0) is 63.9 Å². The van der Waals surface area contributed by atoms with Gasteiger partial charge in [-0.25, -0.2) is 4.79 Å². The molecule has 0 aromatic rings. The van der Waals surface area contributed by atoms with Crippen molar-refractivity contribution in [1.29, 1.82) is 0 Å². The summed E-state index contributed by atoms with van der Waals surface area (Å²) < 4.78 is 4.95. The van der Waals surface area contributed by atoms with Crippen molar-refractivity contribution in [3.05, 3.63) is 23.3 Å². The number of alkyl halides is 1. The Morgan fingerprint density at radius 3 is 2.81 bits per heavy atom. The first-order chi connectivity index (χ1) is 9.86. The highest BCUT2D eigenvalue weighted by molar-refractivity contribution is 6.23. The minimum absolute atomic E-state index is 0.0622. The highest BCUT2D eigenvalue weighted by Crippen LogP contribution is 2.32. The summed E-state index contributed by atoms with van der Waals surface area (Å²) in [5.41, 5.74) is 2.55. The van der Waals surface area contributed by atoms with Gasteiger partial charge in [-0.3, -0.25) is 0 Å². The van der Waals surface area contributed by atoms with Crippen LogP contribution in [0.25, 0.3) is 0 Å². The number of allylic oxidation sites excluding steroid dienone is 3. The second kappa shape index (κ2) is 8.63. The normalized spacial score (nSPS) is 21.0. The molecule has 0 radical (unpaired) electrons. The summed E-state index contributed by atoms with van der Waals surface area (Å²) in [5.74, 6) is 0.418. The van der Waals surface area contributed by atoms with Gasteiger partial charge in [-0.2, -0.15) is 0 Å². The Balaban J connectivity index is 2.43. The van der Waals surface area contributed by atoms with Gasteiger partial charge in [0.2, 0.25) is 0 Å². The van der Waals surface area contributed by atoms with Gasteiger partial charge in [0.15, 0.2) is 0 Å². The number of ether oxygens (including phenoxy) is 1. The molecule has 0 fully saturated rings. The first kappa shape index (κ1) is 18.3. The van der Waals surface area contributed by atoms with E-state index in [1.165, 1.54) is 5.57 Å². The number of halogens is 1. The molecule has 0 spiro atoms. The standard InChI is InChI=1S/C18H29ClO2/c1-5-18(4,19)10-9-14(3)11-15-7-8-16(12-15)13-17(20)21-6-2/h12-14H,5-11H2,1-4H3/b16-13+. The second-order valence-corrected chi connectivity index (χ2v) is 7.30.